The maximum Gasteiger partial charge on any atom is 0.338 e. The Morgan fingerprint density at radius 1 is 1.27 bits per heavy atom. The third-order valence-corrected chi connectivity index (χ3v) is 7.99. The first-order valence-corrected chi connectivity index (χ1v) is 12.3. The normalized spacial score (nSPS) is 24.0. The second-order valence-corrected chi connectivity index (χ2v) is 11.1. The molecule has 0 unspecified atom stereocenters. The van der Waals surface area contributed by atoms with E-state index in [9.17, 15) is 23.4 Å². The Morgan fingerprint density at radius 2 is 1.93 bits per heavy atom. The predicted octanol–water partition coefficient (Wildman–Crippen LogP) is 4.06. The van der Waals surface area contributed by atoms with Crippen molar-refractivity contribution in [3.05, 3.63) is 47.7 Å². The monoisotopic (exact) mass is 438 g/mol. The number of carbonyl (C=O) groups is 1. The molecule has 30 heavy (non-hydrogen) atoms. The average molecular weight is 439 g/mol. The molecule has 2 N–H and O–H groups in total. The molecule has 1 aromatic carbocycles. The van der Waals surface area contributed by atoms with Crippen LogP contribution < -0.4 is 0 Å². The molecular weight excluding hydrogens is 404 g/mol. The minimum atomic E-state index is -3.60. The van der Waals surface area contributed by atoms with Crippen LogP contribution in [0.3, 0.4) is 0 Å². The number of carbonyl (C=O) groups excluding carboxylic acids is 1. The van der Waals surface area contributed by atoms with E-state index in [1.54, 1.807) is 36.4 Å². The van der Waals surface area contributed by atoms with Gasteiger partial charge in [-0.2, -0.15) is 0 Å². The van der Waals surface area contributed by atoms with Crippen molar-refractivity contribution in [2.75, 3.05) is 12.4 Å². The molecule has 2 rings (SSSR count). The van der Waals surface area contributed by atoms with Gasteiger partial charge in [0.2, 0.25) is 0 Å². The van der Waals surface area contributed by atoms with Crippen LogP contribution in [0.4, 0.5) is 0 Å². The number of esters is 1. The molecule has 3 atom stereocenters. The van der Waals surface area contributed by atoms with Crippen molar-refractivity contribution >= 4 is 15.8 Å². The van der Waals surface area contributed by atoms with Crippen LogP contribution in [0.25, 0.3) is 0 Å². The van der Waals surface area contributed by atoms with Crippen LogP contribution in [0.5, 0.6) is 0 Å². The molecular formula is C23H34O6S. The summed E-state index contributed by atoms with van der Waals surface area (Å²) in [6.45, 7) is 6.23. The van der Waals surface area contributed by atoms with Crippen LogP contribution in [-0.2, 0) is 14.6 Å². The van der Waals surface area contributed by atoms with Crippen LogP contribution in [-0.4, -0.2) is 48.3 Å². The molecule has 0 amide bonds. The average Bonchev–Trinajstić information content (AvgIpc) is 2.93. The quantitative estimate of drug-likeness (QED) is 0.422. The first-order valence-electron chi connectivity index (χ1n) is 10.6. The number of allylic oxidation sites excluding steroid dienone is 1. The Hall–Kier alpha value is -1.86. The zero-order valence-corrected chi connectivity index (χ0v) is 18.9. The number of rotatable bonds is 10. The molecule has 0 radical (unpaired) electrons. The van der Waals surface area contributed by atoms with Crippen molar-refractivity contribution in [1.82, 2.24) is 0 Å². The van der Waals surface area contributed by atoms with Gasteiger partial charge in [0.15, 0.2) is 9.84 Å². The topological polar surface area (TPSA) is 101 Å². The second-order valence-electron chi connectivity index (χ2n) is 8.85. The van der Waals surface area contributed by atoms with Gasteiger partial charge >= 0.3 is 5.97 Å². The van der Waals surface area contributed by atoms with E-state index in [4.69, 9.17) is 4.74 Å². The lowest BCUT2D eigenvalue weighted by Crippen LogP contribution is -2.29. The summed E-state index contributed by atoms with van der Waals surface area (Å²) in [7, 11) is -3.60. The summed E-state index contributed by atoms with van der Waals surface area (Å²) in [5.74, 6) is -1.91. The molecule has 1 aliphatic rings. The number of hydrogen-bond donors (Lipinski definition) is 2. The Balaban J connectivity index is 2.04. The van der Waals surface area contributed by atoms with Gasteiger partial charge in [0.25, 0.3) is 0 Å². The first-order chi connectivity index (χ1) is 14.1. The van der Waals surface area contributed by atoms with Crippen LogP contribution in [0.1, 0.15) is 63.2 Å². The maximum absolute atomic E-state index is 12.5. The standard InChI is InChI=1S/C23H34O6S/c1-4-5-13-23(2,3)14-11-18(24)21-19(25)16-30(27,28)20(21)12-15-29-22(26)17-9-7-6-8-10-17/h6-11,19-21,24-25H,4-5,12-16H2,1-3H3/t19-,20-,21-/m0/s1. The summed E-state index contributed by atoms with van der Waals surface area (Å²) in [6, 6.07) is 8.46. The van der Waals surface area contributed by atoms with Gasteiger partial charge in [0, 0.05) is 0 Å². The number of ether oxygens (including phenoxy) is 1. The minimum Gasteiger partial charge on any atom is -0.512 e. The molecule has 1 heterocycles. The van der Waals surface area contributed by atoms with E-state index in [1.807, 2.05) is 0 Å². The molecule has 0 saturated carbocycles. The molecule has 0 aliphatic carbocycles. The fraction of sp³-hybridized carbons (Fsp3) is 0.609. The number of benzene rings is 1. The first kappa shape index (κ1) is 24.4. The van der Waals surface area contributed by atoms with E-state index in [-0.39, 0.29) is 24.2 Å². The molecule has 1 aromatic rings. The minimum absolute atomic E-state index is 0.0207. The predicted molar refractivity (Wildman–Crippen MR) is 117 cm³/mol. The largest absolute Gasteiger partial charge is 0.512 e. The fourth-order valence-corrected chi connectivity index (χ4v) is 6.04. The molecule has 1 fully saturated rings. The zero-order valence-electron chi connectivity index (χ0n) is 18.1. The SMILES string of the molecule is CCCCC(C)(C)CC=C(O)[C@H]1[C@@H](O)CS(=O)(=O)[C@H]1CCOC(=O)c1ccccc1. The van der Waals surface area contributed by atoms with E-state index in [0.717, 1.165) is 19.3 Å². The van der Waals surface area contributed by atoms with Crippen LogP contribution in [0.2, 0.25) is 0 Å². The highest BCUT2D eigenvalue weighted by Crippen LogP contribution is 2.36. The highest BCUT2D eigenvalue weighted by molar-refractivity contribution is 7.92. The highest BCUT2D eigenvalue weighted by atomic mass is 32.2. The molecule has 6 nitrogen and oxygen atoms in total. The van der Waals surface area contributed by atoms with Gasteiger partial charge in [-0.05, 0) is 42.9 Å². The van der Waals surface area contributed by atoms with Crippen LogP contribution >= 0.6 is 0 Å². The Kier molecular flexibility index (Phi) is 8.50. The molecule has 1 saturated heterocycles. The van der Waals surface area contributed by atoms with Gasteiger partial charge in [0.1, 0.15) is 0 Å². The van der Waals surface area contributed by atoms with Crippen molar-refractivity contribution in [3.8, 4) is 0 Å². The lowest BCUT2D eigenvalue weighted by Gasteiger charge is -2.24. The highest BCUT2D eigenvalue weighted by Gasteiger charge is 2.48. The molecule has 0 bridgehead atoms. The number of aliphatic hydroxyl groups is 2. The van der Waals surface area contributed by atoms with E-state index < -0.39 is 38.8 Å². The summed E-state index contributed by atoms with van der Waals surface area (Å²) < 4.78 is 30.3. The Labute approximate surface area is 179 Å². The van der Waals surface area contributed by atoms with Gasteiger partial charge < -0.3 is 14.9 Å². The number of unbranched alkanes of at least 4 members (excludes halogenated alkanes) is 1. The lowest BCUT2D eigenvalue weighted by atomic mass is 9.83. The Morgan fingerprint density at radius 3 is 2.57 bits per heavy atom. The van der Waals surface area contributed by atoms with Gasteiger partial charge in [-0.25, -0.2) is 13.2 Å². The van der Waals surface area contributed by atoms with Gasteiger partial charge in [-0.3, -0.25) is 0 Å². The van der Waals surface area contributed by atoms with E-state index in [0.29, 0.717) is 12.0 Å². The number of hydrogen-bond acceptors (Lipinski definition) is 6. The van der Waals surface area contributed by atoms with Gasteiger partial charge in [0.05, 0.1) is 41.0 Å². The summed E-state index contributed by atoms with van der Waals surface area (Å²) >= 11 is 0. The molecule has 0 spiro atoms. The molecule has 0 aromatic heterocycles. The van der Waals surface area contributed by atoms with Crippen molar-refractivity contribution < 1.29 is 28.2 Å². The van der Waals surface area contributed by atoms with Crippen LogP contribution in [0, 0.1) is 11.3 Å². The third-order valence-electron chi connectivity index (χ3n) is 5.74. The second kappa shape index (κ2) is 10.4. The Bertz CT molecular complexity index is 829. The van der Waals surface area contributed by atoms with Gasteiger partial charge in [-0.1, -0.05) is 51.8 Å². The zero-order chi connectivity index (χ0) is 22.4. The molecule has 168 valence electrons. The van der Waals surface area contributed by atoms with Gasteiger partial charge in [-0.15, -0.1) is 0 Å². The lowest BCUT2D eigenvalue weighted by molar-refractivity contribution is 0.0487. The molecule has 7 heteroatoms. The summed E-state index contributed by atoms with van der Waals surface area (Å²) in [5, 5.41) is 20.0. The van der Waals surface area contributed by atoms with Crippen molar-refractivity contribution in [2.24, 2.45) is 11.3 Å². The van der Waals surface area contributed by atoms with Crippen molar-refractivity contribution in [2.45, 2.75) is 64.2 Å². The van der Waals surface area contributed by atoms with Crippen molar-refractivity contribution in [1.29, 1.82) is 0 Å². The smallest absolute Gasteiger partial charge is 0.338 e. The van der Waals surface area contributed by atoms with E-state index >= 15 is 0 Å². The summed E-state index contributed by atoms with van der Waals surface area (Å²) in [4.78, 5) is 12.1. The summed E-state index contributed by atoms with van der Waals surface area (Å²) in [5.41, 5.74) is 0.369. The fourth-order valence-electron chi connectivity index (χ4n) is 3.88. The van der Waals surface area contributed by atoms with Crippen molar-refractivity contribution in [3.63, 3.8) is 0 Å². The number of aliphatic hydroxyl groups excluding tert-OH is 2. The van der Waals surface area contributed by atoms with E-state index in [1.165, 1.54) is 0 Å². The third kappa shape index (κ3) is 6.57. The maximum atomic E-state index is 12.5. The van der Waals surface area contributed by atoms with Crippen LogP contribution in [0.15, 0.2) is 42.2 Å². The summed E-state index contributed by atoms with van der Waals surface area (Å²) in [6.07, 6.45) is 4.27. The molecule has 1 aliphatic heterocycles. The number of sulfone groups is 1. The van der Waals surface area contributed by atoms with E-state index in [2.05, 4.69) is 20.8 Å².